The van der Waals surface area contributed by atoms with Crippen molar-refractivity contribution in [1.29, 1.82) is 0 Å². The predicted molar refractivity (Wildman–Crippen MR) is 101 cm³/mol. The number of piperazine rings is 1. The third kappa shape index (κ3) is 5.05. The van der Waals surface area contributed by atoms with Crippen molar-refractivity contribution >= 4 is 27.7 Å². The molecule has 2 amide bonds. The van der Waals surface area contributed by atoms with E-state index < -0.39 is 6.04 Å². The minimum atomic E-state index is -0.392. The number of benzene rings is 1. The maximum atomic E-state index is 12.8. The van der Waals surface area contributed by atoms with Gasteiger partial charge in [0.25, 0.3) is 0 Å². The molecule has 1 N–H and O–H groups in total. The lowest BCUT2D eigenvalue weighted by Gasteiger charge is -2.34. The standard InChI is InChI=1S/C19H26BrN3O2/c20-16-7-5-6-15(12-16)14-23-11-8-21-17(19(23)25)13-18(24)22-9-3-1-2-4-10-22/h5-7,12,17,21H,1-4,8-11,13-14H2. The van der Waals surface area contributed by atoms with Gasteiger partial charge in [-0.1, -0.05) is 40.9 Å². The van der Waals surface area contributed by atoms with E-state index in [4.69, 9.17) is 0 Å². The Kier molecular flexibility index (Phi) is 6.48. The zero-order chi connectivity index (χ0) is 17.6. The topological polar surface area (TPSA) is 52.7 Å². The lowest BCUT2D eigenvalue weighted by molar-refractivity contribution is -0.141. The minimum absolute atomic E-state index is 0.0365. The van der Waals surface area contributed by atoms with Gasteiger partial charge in [0, 0.05) is 37.2 Å². The molecular weight excluding hydrogens is 382 g/mol. The molecule has 136 valence electrons. The van der Waals surface area contributed by atoms with Crippen LogP contribution in [0.4, 0.5) is 0 Å². The van der Waals surface area contributed by atoms with E-state index in [0.29, 0.717) is 13.1 Å². The van der Waals surface area contributed by atoms with Gasteiger partial charge in [-0.2, -0.15) is 0 Å². The van der Waals surface area contributed by atoms with Gasteiger partial charge in [-0.15, -0.1) is 0 Å². The summed E-state index contributed by atoms with van der Waals surface area (Å²) < 4.78 is 1.01. The van der Waals surface area contributed by atoms with Crippen molar-refractivity contribution in [3.8, 4) is 0 Å². The Labute approximate surface area is 157 Å². The summed E-state index contributed by atoms with van der Waals surface area (Å²) in [6.45, 7) is 3.68. The molecule has 1 aromatic carbocycles. The number of amides is 2. The van der Waals surface area contributed by atoms with Gasteiger partial charge in [-0.3, -0.25) is 9.59 Å². The van der Waals surface area contributed by atoms with Crippen molar-refractivity contribution in [1.82, 2.24) is 15.1 Å². The van der Waals surface area contributed by atoms with Gasteiger partial charge < -0.3 is 15.1 Å². The molecule has 0 radical (unpaired) electrons. The van der Waals surface area contributed by atoms with E-state index in [-0.39, 0.29) is 18.2 Å². The van der Waals surface area contributed by atoms with Gasteiger partial charge in [-0.05, 0) is 30.5 Å². The average Bonchev–Trinajstić information content (AvgIpc) is 2.88. The van der Waals surface area contributed by atoms with Crippen LogP contribution in [0, 0.1) is 0 Å². The first-order valence-corrected chi connectivity index (χ1v) is 9.97. The van der Waals surface area contributed by atoms with Crippen molar-refractivity contribution < 1.29 is 9.59 Å². The molecule has 0 aromatic heterocycles. The number of likely N-dealkylation sites (tertiary alicyclic amines) is 1. The monoisotopic (exact) mass is 407 g/mol. The molecule has 0 aliphatic carbocycles. The number of hydrogen-bond donors (Lipinski definition) is 1. The van der Waals surface area contributed by atoms with Crippen molar-refractivity contribution in [2.45, 2.75) is 44.7 Å². The van der Waals surface area contributed by atoms with Crippen LogP contribution in [0.5, 0.6) is 0 Å². The highest BCUT2D eigenvalue weighted by Gasteiger charge is 2.31. The number of hydrogen-bond acceptors (Lipinski definition) is 3. The maximum Gasteiger partial charge on any atom is 0.240 e. The van der Waals surface area contributed by atoms with Gasteiger partial charge in [-0.25, -0.2) is 0 Å². The first kappa shape index (κ1) is 18.4. The molecule has 1 unspecified atom stereocenters. The smallest absolute Gasteiger partial charge is 0.240 e. The van der Waals surface area contributed by atoms with Gasteiger partial charge >= 0.3 is 0 Å². The molecular formula is C19H26BrN3O2. The highest BCUT2D eigenvalue weighted by Crippen LogP contribution is 2.17. The molecule has 5 nitrogen and oxygen atoms in total. The zero-order valence-electron chi connectivity index (χ0n) is 14.5. The fourth-order valence-electron chi connectivity index (χ4n) is 3.59. The van der Waals surface area contributed by atoms with E-state index in [9.17, 15) is 9.59 Å². The van der Waals surface area contributed by atoms with Crippen LogP contribution in [0.3, 0.4) is 0 Å². The van der Waals surface area contributed by atoms with Crippen molar-refractivity contribution in [2.24, 2.45) is 0 Å². The predicted octanol–water partition coefficient (Wildman–Crippen LogP) is 2.54. The van der Waals surface area contributed by atoms with Crippen LogP contribution in [0.1, 0.15) is 37.7 Å². The summed E-state index contributed by atoms with van der Waals surface area (Å²) in [5, 5.41) is 3.23. The summed E-state index contributed by atoms with van der Waals surface area (Å²) in [5.41, 5.74) is 1.10. The van der Waals surface area contributed by atoms with Gasteiger partial charge in [0.2, 0.25) is 11.8 Å². The molecule has 2 aliphatic heterocycles. The lowest BCUT2D eigenvalue weighted by Crippen LogP contribution is -2.56. The van der Waals surface area contributed by atoms with Crippen LogP contribution in [0.2, 0.25) is 0 Å². The van der Waals surface area contributed by atoms with Gasteiger partial charge in [0.15, 0.2) is 0 Å². The number of rotatable bonds is 4. The Bertz CT molecular complexity index is 614. The Morgan fingerprint density at radius 2 is 1.92 bits per heavy atom. The molecule has 1 aromatic rings. The fourth-order valence-corrected chi connectivity index (χ4v) is 4.03. The van der Waals surface area contributed by atoms with Gasteiger partial charge in [0.05, 0.1) is 12.5 Å². The second-order valence-corrected chi connectivity index (χ2v) is 7.81. The highest BCUT2D eigenvalue weighted by molar-refractivity contribution is 9.10. The molecule has 2 fully saturated rings. The summed E-state index contributed by atoms with van der Waals surface area (Å²) in [4.78, 5) is 29.2. The van der Waals surface area contributed by atoms with Crippen LogP contribution >= 0.6 is 15.9 Å². The highest BCUT2D eigenvalue weighted by atomic mass is 79.9. The van der Waals surface area contributed by atoms with Crippen molar-refractivity contribution in [3.05, 3.63) is 34.3 Å². The quantitative estimate of drug-likeness (QED) is 0.833. The van der Waals surface area contributed by atoms with Crippen LogP contribution in [0.15, 0.2) is 28.7 Å². The Morgan fingerprint density at radius 1 is 1.16 bits per heavy atom. The van der Waals surface area contributed by atoms with Gasteiger partial charge in [0.1, 0.15) is 0 Å². The van der Waals surface area contributed by atoms with Crippen LogP contribution in [-0.2, 0) is 16.1 Å². The lowest BCUT2D eigenvalue weighted by atomic mass is 10.1. The van der Waals surface area contributed by atoms with Crippen molar-refractivity contribution in [2.75, 3.05) is 26.2 Å². The fraction of sp³-hybridized carbons (Fsp3) is 0.579. The number of halogens is 1. The molecule has 2 saturated heterocycles. The summed E-state index contributed by atoms with van der Waals surface area (Å²) in [6.07, 6.45) is 4.82. The first-order valence-electron chi connectivity index (χ1n) is 9.18. The summed E-state index contributed by atoms with van der Waals surface area (Å²) in [6, 6.07) is 7.62. The number of nitrogens with zero attached hydrogens (tertiary/aromatic N) is 2. The van der Waals surface area contributed by atoms with E-state index in [1.165, 1.54) is 12.8 Å². The van der Waals surface area contributed by atoms with E-state index in [1.54, 1.807) is 0 Å². The number of carbonyl (C=O) groups excluding carboxylic acids is 2. The maximum absolute atomic E-state index is 12.8. The van der Waals surface area contributed by atoms with Crippen LogP contribution in [0.25, 0.3) is 0 Å². The van der Waals surface area contributed by atoms with Crippen LogP contribution in [-0.4, -0.2) is 53.8 Å². The average molecular weight is 408 g/mol. The van der Waals surface area contributed by atoms with E-state index in [0.717, 1.165) is 42.5 Å². The molecule has 0 spiro atoms. The van der Waals surface area contributed by atoms with E-state index >= 15 is 0 Å². The van der Waals surface area contributed by atoms with E-state index in [1.807, 2.05) is 34.1 Å². The Morgan fingerprint density at radius 3 is 2.64 bits per heavy atom. The molecule has 0 saturated carbocycles. The third-order valence-electron chi connectivity index (χ3n) is 4.98. The number of carbonyl (C=O) groups is 2. The normalized spacial score (nSPS) is 22.0. The summed E-state index contributed by atoms with van der Waals surface area (Å²) >= 11 is 3.47. The van der Waals surface area contributed by atoms with Crippen LogP contribution < -0.4 is 5.32 Å². The second kappa shape index (κ2) is 8.81. The zero-order valence-corrected chi connectivity index (χ0v) is 16.1. The SMILES string of the molecule is O=C(CC1NCCN(Cc2cccc(Br)c2)C1=O)N1CCCCCC1. The molecule has 6 heteroatoms. The molecule has 1 atom stereocenters. The molecule has 0 bridgehead atoms. The largest absolute Gasteiger partial charge is 0.343 e. The van der Waals surface area contributed by atoms with E-state index in [2.05, 4.69) is 21.2 Å². The Balaban J connectivity index is 1.58. The minimum Gasteiger partial charge on any atom is -0.343 e. The first-order chi connectivity index (χ1) is 12.1. The summed E-state index contributed by atoms with van der Waals surface area (Å²) in [5.74, 6) is 0.145. The Hall–Kier alpha value is -1.40. The summed E-state index contributed by atoms with van der Waals surface area (Å²) in [7, 11) is 0. The molecule has 25 heavy (non-hydrogen) atoms. The molecule has 3 rings (SSSR count). The number of nitrogens with one attached hydrogen (secondary N) is 1. The molecule has 2 aliphatic rings. The van der Waals surface area contributed by atoms with Crippen molar-refractivity contribution in [3.63, 3.8) is 0 Å². The molecule has 2 heterocycles. The second-order valence-electron chi connectivity index (χ2n) is 6.90. The third-order valence-corrected chi connectivity index (χ3v) is 5.48.